The van der Waals surface area contributed by atoms with Crippen molar-refractivity contribution in [3.05, 3.63) is 36.0 Å². The van der Waals surface area contributed by atoms with Crippen molar-refractivity contribution < 1.29 is 14.4 Å². The van der Waals surface area contributed by atoms with Crippen LogP contribution in [0.3, 0.4) is 0 Å². The van der Waals surface area contributed by atoms with Crippen molar-refractivity contribution in [1.29, 1.82) is 0 Å². The Morgan fingerprint density at radius 2 is 2.31 bits per heavy atom. The van der Waals surface area contributed by atoms with E-state index in [9.17, 15) is 5.11 Å². The number of benzene rings is 1. The van der Waals surface area contributed by atoms with Gasteiger partial charge < -0.3 is 14.4 Å². The maximum Gasteiger partial charge on any atom is 0.226 e. The van der Waals surface area contributed by atoms with E-state index >= 15 is 0 Å². The van der Waals surface area contributed by atoms with Gasteiger partial charge in [-0.3, -0.25) is 0 Å². The third kappa shape index (κ3) is 2.50. The predicted molar refractivity (Wildman–Crippen MR) is 56.1 cm³/mol. The quantitative estimate of drug-likeness (QED) is 0.852. The molecule has 0 bridgehead atoms. The van der Waals surface area contributed by atoms with Gasteiger partial charge in [0.1, 0.15) is 11.5 Å². The van der Waals surface area contributed by atoms with Crippen LogP contribution in [-0.4, -0.2) is 15.2 Å². The first kappa shape index (κ1) is 10.5. The van der Waals surface area contributed by atoms with E-state index < -0.39 is 0 Å². The van der Waals surface area contributed by atoms with Gasteiger partial charge in [-0.2, -0.15) is 4.98 Å². The van der Waals surface area contributed by atoms with Crippen molar-refractivity contribution >= 4 is 0 Å². The minimum Gasteiger partial charge on any atom is -0.508 e. The van der Waals surface area contributed by atoms with Crippen molar-refractivity contribution in [2.45, 2.75) is 20.0 Å². The summed E-state index contributed by atoms with van der Waals surface area (Å²) in [5.74, 6) is 1.83. The number of phenols is 1. The largest absolute Gasteiger partial charge is 0.508 e. The number of hydrogen-bond donors (Lipinski definition) is 1. The maximum absolute atomic E-state index is 9.22. The molecule has 0 aliphatic heterocycles. The second-order valence-electron chi connectivity index (χ2n) is 3.24. The summed E-state index contributed by atoms with van der Waals surface area (Å²) in [5.41, 5.74) is 0. The molecule has 0 aliphatic rings. The zero-order chi connectivity index (χ0) is 11.4. The minimum atomic E-state index is 0.167. The molecule has 16 heavy (non-hydrogen) atoms. The molecule has 0 amide bonds. The highest BCUT2D eigenvalue weighted by molar-refractivity contribution is 5.31. The van der Waals surface area contributed by atoms with Crippen molar-refractivity contribution in [3.63, 3.8) is 0 Å². The van der Waals surface area contributed by atoms with Gasteiger partial charge in [-0.15, -0.1) is 0 Å². The molecule has 0 aliphatic carbocycles. The first-order valence-electron chi connectivity index (χ1n) is 5.01. The summed E-state index contributed by atoms with van der Waals surface area (Å²) in [4.78, 5) is 4.10. The normalized spacial score (nSPS) is 10.3. The molecule has 1 heterocycles. The average molecular weight is 220 g/mol. The Bertz CT molecular complexity index is 468. The summed E-state index contributed by atoms with van der Waals surface area (Å²) in [6.07, 6.45) is 0.707. The first-order valence-corrected chi connectivity index (χ1v) is 5.01. The summed E-state index contributed by atoms with van der Waals surface area (Å²) in [6.45, 7) is 2.17. The number of aromatic hydroxyl groups is 1. The highest BCUT2D eigenvalue weighted by Crippen LogP contribution is 2.18. The Kier molecular flexibility index (Phi) is 3.05. The van der Waals surface area contributed by atoms with Crippen LogP contribution in [0.5, 0.6) is 11.5 Å². The van der Waals surface area contributed by atoms with Gasteiger partial charge in [-0.05, 0) is 12.1 Å². The Morgan fingerprint density at radius 1 is 1.44 bits per heavy atom. The Hall–Kier alpha value is -2.04. The van der Waals surface area contributed by atoms with Crippen molar-refractivity contribution in [2.75, 3.05) is 0 Å². The number of aryl methyl sites for hydroxylation is 1. The average Bonchev–Trinajstić information content (AvgIpc) is 2.74. The van der Waals surface area contributed by atoms with Crippen LogP contribution in [0, 0.1) is 0 Å². The first-order chi connectivity index (χ1) is 7.78. The summed E-state index contributed by atoms with van der Waals surface area (Å²) in [7, 11) is 0. The molecule has 0 saturated heterocycles. The lowest BCUT2D eigenvalue weighted by atomic mass is 10.3. The van der Waals surface area contributed by atoms with Gasteiger partial charge in [0.25, 0.3) is 0 Å². The number of ether oxygens (including phenoxy) is 1. The Morgan fingerprint density at radius 3 is 3.00 bits per heavy atom. The third-order valence-electron chi connectivity index (χ3n) is 2.00. The predicted octanol–water partition coefficient (Wildman–Crippen LogP) is 1.92. The van der Waals surface area contributed by atoms with Gasteiger partial charge in [0.2, 0.25) is 11.7 Å². The van der Waals surface area contributed by atoms with Crippen LogP contribution in [0.1, 0.15) is 18.6 Å². The third-order valence-corrected chi connectivity index (χ3v) is 2.00. The minimum absolute atomic E-state index is 0.167. The van der Waals surface area contributed by atoms with E-state index in [1.165, 1.54) is 6.07 Å². The summed E-state index contributed by atoms with van der Waals surface area (Å²) in [6, 6.07) is 6.57. The fraction of sp³-hybridized carbons (Fsp3) is 0.273. The zero-order valence-corrected chi connectivity index (χ0v) is 8.88. The molecule has 0 unspecified atom stereocenters. The molecule has 0 atom stereocenters. The number of phenolic OH excluding ortho intramolecular Hbond substituents is 1. The molecule has 1 aromatic carbocycles. The van der Waals surface area contributed by atoms with E-state index in [2.05, 4.69) is 10.1 Å². The van der Waals surface area contributed by atoms with E-state index in [0.717, 1.165) is 0 Å². The van der Waals surface area contributed by atoms with Crippen LogP contribution in [0.2, 0.25) is 0 Å². The smallest absolute Gasteiger partial charge is 0.226 e. The molecule has 0 saturated carbocycles. The maximum atomic E-state index is 9.22. The van der Waals surface area contributed by atoms with E-state index in [0.29, 0.717) is 23.9 Å². The van der Waals surface area contributed by atoms with Crippen molar-refractivity contribution in [2.24, 2.45) is 0 Å². The molecule has 0 spiro atoms. The lowest BCUT2D eigenvalue weighted by Gasteiger charge is -2.02. The van der Waals surface area contributed by atoms with E-state index in [-0.39, 0.29) is 12.4 Å². The molecule has 1 N–H and O–H groups in total. The second kappa shape index (κ2) is 4.65. The molecular formula is C11H12N2O3. The number of nitrogens with zero attached hydrogens (tertiary/aromatic N) is 2. The number of aromatic nitrogens is 2. The van der Waals surface area contributed by atoms with Crippen molar-refractivity contribution in [1.82, 2.24) is 10.1 Å². The monoisotopic (exact) mass is 220 g/mol. The van der Waals surface area contributed by atoms with Gasteiger partial charge in [-0.25, -0.2) is 0 Å². The highest BCUT2D eigenvalue weighted by atomic mass is 16.5. The van der Waals surface area contributed by atoms with Gasteiger partial charge in [-0.1, -0.05) is 18.1 Å². The van der Waals surface area contributed by atoms with Crippen LogP contribution >= 0.6 is 0 Å². The van der Waals surface area contributed by atoms with Gasteiger partial charge >= 0.3 is 0 Å². The molecule has 2 aromatic rings. The fourth-order valence-electron chi connectivity index (χ4n) is 1.21. The SMILES string of the molecule is CCc1nc(COc2cccc(O)c2)no1. The van der Waals surface area contributed by atoms with Crippen LogP contribution in [0.15, 0.2) is 28.8 Å². The summed E-state index contributed by atoms with van der Waals surface area (Å²) >= 11 is 0. The molecule has 5 heteroatoms. The fourth-order valence-corrected chi connectivity index (χ4v) is 1.21. The number of rotatable bonds is 4. The lowest BCUT2D eigenvalue weighted by molar-refractivity contribution is 0.284. The van der Waals surface area contributed by atoms with Crippen LogP contribution < -0.4 is 4.74 Å². The molecule has 1 aromatic heterocycles. The Labute approximate surface area is 92.7 Å². The summed E-state index contributed by atoms with van der Waals surface area (Å²) < 4.78 is 10.3. The van der Waals surface area contributed by atoms with E-state index in [1.54, 1.807) is 18.2 Å². The number of hydrogen-bond acceptors (Lipinski definition) is 5. The van der Waals surface area contributed by atoms with E-state index in [4.69, 9.17) is 9.26 Å². The van der Waals surface area contributed by atoms with Gasteiger partial charge in [0.15, 0.2) is 6.61 Å². The molecular weight excluding hydrogens is 208 g/mol. The second-order valence-corrected chi connectivity index (χ2v) is 3.24. The molecule has 0 fully saturated rings. The summed E-state index contributed by atoms with van der Waals surface area (Å²) in [5, 5.41) is 13.0. The van der Waals surface area contributed by atoms with Crippen LogP contribution in [-0.2, 0) is 13.0 Å². The highest BCUT2D eigenvalue weighted by Gasteiger charge is 2.05. The van der Waals surface area contributed by atoms with Gasteiger partial charge in [0, 0.05) is 12.5 Å². The van der Waals surface area contributed by atoms with Crippen molar-refractivity contribution in [3.8, 4) is 11.5 Å². The van der Waals surface area contributed by atoms with E-state index in [1.807, 2.05) is 6.92 Å². The molecule has 2 rings (SSSR count). The molecule has 5 nitrogen and oxygen atoms in total. The van der Waals surface area contributed by atoms with Crippen LogP contribution in [0.25, 0.3) is 0 Å². The molecule has 0 radical (unpaired) electrons. The zero-order valence-electron chi connectivity index (χ0n) is 8.88. The Balaban J connectivity index is 1.96. The standard InChI is InChI=1S/C11H12N2O3/c1-2-11-12-10(13-16-11)7-15-9-5-3-4-8(14)6-9/h3-6,14H,2,7H2,1H3. The lowest BCUT2D eigenvalue weighted by Crippen LogP contribution is -1.97. The van der Waals surface area contributed by atoms with Gasteiger partial charge in [0.05, 0.1) is 0 Å². The molecule has 84 valence electrons. The van der Waals surface area contributed by atoms with Crippen LogP contribution in [0.4, 0.5) is 0 Å². The topological polar surface area (TPSA) is 68.4 Å².